The molecule has 7 heteroatoms. The first kappa shape index (κ1) is 13.9. The number of alkyl halides is 3. The van der Waals surface area contributed by atoms with Crippen LogP contribution in [0.15, 0.2) is 22.8 Å². The smallest absolute Gasteiger partial charge is 0.356 e. The summed E-state index contributed by atoms with van der Waals surface area (Å²) in [5, 5.41) is 4.73. The molecule has 0 bridgehead atoms. The Labute approximate surface area is 121 Å². The number of aromatic nitrogens is 2. The summed E-state index contributed by atoms with van der Waals surface area (Å²) in [6.45, 7) is 0.657. The van der Waals surface area contributed by atoms with Gasteiger partial charge in [0.15, 0.2) is 6.23 Å². The van der Waals surface area contributed by atoms with Crippen molar-refractivity contribution in [2.75, 3.05) is 6.61 Å². The number of benzene rings is 1. The highest BCUT2D eigenvalue weighted by Crippen LogP contribution is 2.35. The summed E-state index contributed by atoms with van der Waals surface area (Å²) in [4.78, 5) is 0. The Morgan fingerprint density at radius 3 is 2.75 bits per heavy atom. The van der Waals surface area contributed by atoms with Crippen molar-refractivity contribution in [3.63, 3.8) is 0 Å². The van der Waals surface area contributed by atoms with Crippen LogP contribution in [-0.2, 0) is 10.9 Å². The molecule has 0 radical (unpaired) electrons. The molecule has 20 heavy (non-hydrogen) atoms. The molecule has 1 saturated heterocycles. The summed E-state index contributed by atoms with van der Waals surface area (Å²) in [7, 11) is 0. The van der Waals surface area contributed by atoms with Gasteiger partial charge in [-0.15, -0.1) is 0 Å². The lowest BCUT2D eigenvalue weighted by Crippen LogP contribution is -2.19. The largest absolute Gasteiger partial charge is 0.416 e. The van der Waals surface area contributed by atoms with Gasteiger partial charge in [-0.05, 0) is 53.4 Å². The topological polar surface area (TPSA) is 27.1 Å². The number of ether oxygens (including phenoxy) is 1. The lowest BCUT2D eigenvalue weighted by Gasteiger charge is -2.23. The maximum Gasteiger partial charge on any atom is 0.416 e. The number of hydrogen-bond acceptors (Lipinski definition) is 2. The highest BCUT2D eigenvalue weighted by Gasteiger charge is 2.31. The second-order valence-corrected chi connectivity index (χ2v) is 5.54. The van der Waals surface area contributed by atoms with Crippen molar-refractivity contribution in [3.05, 3.63) is 28.4 Å². The fourth-order valence-corrected chi connectivity index (χ4v) is 2.90. The number of rotatable bonds is 1. The van der Waals surface area contributed by atoms with Crippen molar-refractivity contribution >= 4 is 26.8 Å². The zero-order chi connectivity index (χ0) is 14.3. The lowest BCUT2D eigenvalue weighted by molar-refractivity contribution is -0.137. The van der Waals surface area contributed by atoms with E-state index in [-0.39, 0.29) is 6.23 Å². The van der Waals surface area contributed by atoms with Crippen LogP contribution < -0.4 is 0 Å². The van der Waals surface area contributed by atoms with Crippen molar-refractivity contribution in [2.24, 2.45) is 0 Å². The molecule has 1 aliphatic rings. The molecule has 3 nitrogen and oxygen atoms in total. The zero-order valence-electron chi connectivity index (χ0n) is 10.5. The second kappa shape index (κ2) is 5.04. The molecule has 1 unspecified atom stereocenters. The van der Waals surface area contributed by atoms with E-state index in [2.05, 4.69) is 21.0 Å². The van der Waals surface area contributed by atoms with Gasteiger partial charge in [0.2, 0.25) is 0 Å². The summed E-state index contributed by atoms with van der Waals surface area (Å²) in [6, 6.07) is 3.65. The molecule has 2 heterocycles. The van der Waals surface area contributed by atoms with E-state index in [1.807, 2.05) is 0 Å². The summed E-state index contributed by atoms with van der Waals surface area (Å²) in [6.07, 6.45) is -1.69. The van der Waals surface area contributed by atoms with Crippen LogP contribution in [0.5, 0.6) is 0 Å². The molecular weight excluding hydrogens is 337 g/mol. The molecule has 0 amide bonds. The third kappa shape index (κ3) is 2.44. The molecule has 1 atom stereocenters. The van der Waals surface area contributed by atoms with Crippen molar-refractivity contribution < 1.29 is 17.9 Å². The van der Waals surface area contributed by atoms with Crippen molar-refractivity contribution in [2.45, 2.75) is 31.7 Å². The summed E-state index contributed by atoms with van der Waals surface area (Å²) in [5.41, 5.74) is -0.0217. The predicted molar refractivity (Wildman–Crippen MR) is 71.3 cm³/mol. The Hall–Kier alpha value is -1.08. The minimum atomic E-state index is -4.35. The van der Waals surface area contributed by atoms with Crippen LogP contribution in [0.3, 0.4) is 0 Å². The van der Waals surface area contributed by atoms with E-state index in [1.165, 1.54) is 6.07 Å². The van der Waals surface area contributed by atoms with E-state index in [4.69, 9.17) is 4.74 Å². The molecular formula is C13H12BrF3N2O. The first-order valence-electron chi connectivity index (χ1n) is 6.33. The number of halogens is 4. The van der Waals surface area contributed by atoms with Gasteiger partial charge in [-0.25, -0.2) is 4.68 Å². The van der Waals surface area contributed by atoms with Gasteiger partial charge in [0, 0.05) is 12.0 Å². The Balaban J connectivity index is 2.07. The maximum absolute atomic E-state index is 12.7. The highest BCUT2D eigenvalue weighted by atomic mass is 79.9. The molecule has 0 aliphatic carbocycles. The fraction of sp³-hybridized carbons (Fsp3) is 0.462. The zero-order valence-corrected chi connectivity index (χ0v) is 12.0. The number of nitrogens with zero attached hydrogens (tertiary/aromatic N) is 2. The molecule has 1 aromatic heterocycles. The van der Waals surface area contributed by atoms with E-state index in [9.17, 15) is 13.2 Å². The SMILES string of the molecule is FC(F)(F)c1ccc2c(c1)c(Br)nn2C1CCCCO1. The second-order valence-electron chi connectivity index (χ2n) is 4.79. The van der Waals surface area contributed by atoms with Gasteiger partial charge in [-0.3, -0.25) is 0 Å². The van der Waals surface area contributed by atoms with E-state index in [0.717, 1.165) is 31.4 Å². The number of fused-ring (bicyclic) bond motifs is 1. The van der Waals surface area contributed by atoms with E-state index in [1.54, 1.807) is 4.68 Å². The third-order valence-electron chi connectivity index (χ3n) is 3.42. The van der Waals surface area contributed by atoms with Crippen LogP contribution in [0.25, 0.3) is 10.9 Å². The molecule has 2 aromatic rings. The molecule has 108 valence electrons. The normalized spacial score (nSPS) is 20.5. The standard InChI is InChI=1S/C13H12BrF3N2O/c14-12-9-7-8(13(15,16)17)4-5-10(9)19(18-12)11-3-1-2-6-20-11/h4-5,7,11H,1-3,6H2. The van der Waals surface area contributed by atoms with Gasteiger partial charge >= 0.3 is 6.18 Å². The lowest BCUT2D eigenvalue weighted by atomic mass is 10.1. The average Bonchev–Trinajstić information content (AvgIpc) is 2.76. The maximum atomic E-state index is 12.7. The van der Waals surface area contributed by atoms with Crippen LogP contribution in [0.1, 0.15) is 31.1 Å². The molecule has 3 rings (SSSR count). The van der Waals surface area contributed by atoms with Crippen LogP contribution in [0, 0.1) is 0 Å². The molecule has 1 aromatic carbocycles. The fourth-order valence-electron chi connectivity index (χ4n) is 2.42. The van der Waals surface area contributed by atoms with Crippen LogP contribution >= 0.6 is 15.9 Å². The number of hydrogen-bond donors (Lipinski definition) is 0. The Kier molecular flexibility index (Phi) is 3.50. The highest BCUT2D eigenvalue weighted by molar-refractivity contribution is 9.10. The third-order valence-corrected chi connectivity index (χ3v) is 4.00. The Bertz CT molecular complexity index is 632. The van der Waals surface area contributed by atoms with Crippen LogP contribution in [0.2, 0.25) is 0 Å². The minimum Gasteiger partial charge on any atom is -0.356 e. The van der Waals surface area contributed by atoms with Gasteiger partial charge in [0.1, 0.15) is 4.60 Å². The average molecular weight is 349 g/mol. The van der Waals surface area contributed by atoms with Gasteiger partial charge in [0.25, 0.3) is 0 Å². The van der Waals surface area contributed by atoms with Crippen molar-refractivity contribution in [3.8, 4) is 0 Å². The van der Waals surface area contributed by atoms with Gasteiger partial charge in [0.05, 0.1) is 11.1 Å². The van der Waals surface area contributed by atoms with E-state index < -0.39 is 11.7 Å². The van der Waals surface area contributed by atoms with Crippen LogP contribution in [0.4, 0.5) is 13.2 Å². The molecule has 1 aliphatic heterocycles. The first-order valence-corrected chi connectivity index (χ1v) is 7.12. The Morgan fingerprint density at radius 2 is 2.10 bits per heavy atom. The summed E-state index contributed by atoms with van der Waals surface area (Å²) >= 11 is 3.23. The van der Waals surface area contributed by atoms with Gasteiger partial charge in [-0.2, -0.15) is 18.3 Å². The van der Waals surface area contributed by atoms with Crippen molar-refractivity contribution in [1.82, 2.24) is 9.78 Å². The van der Waals surface area contributed by atoms with Gasteiger partial charge < -0.3 is 4.74 Å². The summed E-state index contributed by atoms with van der Waals surface area (Å²) in [5.74, 6) is 0. The van der Waals surface area contributed by atoms with E-state index >= 15 is 0 Å². The Morgan fingerprint density at radius 1 is 1.30 bits per heavy atom. The first-order chi connectivity index (χ1) is 9.47. The minimum absolute atomic E-state index is 0.200. The quantitative estimate of drug-likeness (QED) is 0.757. The van der Waals surface area contributed by atoms with E-state index in [0.29, 0.717) is 22.1 Å². The molecule has 1 fully saturated rings. The summed E-state index contributed by atoms with van der Waals surface area (Å²) < 4.78 is 45.9. The molecule has 0 saturated carbocycles. The van der Waals surface area contributed by atoms with Crippen molar-refractivity contribution in [1.29, 1.82) is 0 Å². The van der Waals surface area contributed by atoms with Gasteiger partial charge in [-0.1, -0.05) is 0 Å². The van der Waals surface area contributed by atoms with Crippen LogP contribution in [-0.4, -0.2) is 16.4 Å². The molecule has 0 N–H and O–H groups in total. The molecule has 0 spiro atoms. The predicted octanol–water partition coefficient (Wildman–Crippen LogP) is 4.52. The monoisotopic (exact) mass is 348 g/mol.